The minimum absolute atomic E-state index is 0.253. The zero-order valence-electron chi connectivity index (χ0n) is 25.9. The van der Waals surface area contributed by atoms with Crippen molar-refractivity contribution in [2.75, 3.05) is 11.9 Å². The van der Waals surface area contributed by atoms with Gasteiger partial charge in [0.25, 0.3) is 0 Å². The molecule has 1 aliphatic carbocycles. The quantitative estimate of drug-likeness (QED) is 0.211. The number of hydrogen-bond donors (Lipinski definition) is 2. The van der Waals surface area contributed by atoms with Crippen molar-refractivity contribution in [3.63, 3.8) is 0 Å². The molecule has 9 nitrogen and oxygen atoms in total. The zero-order valence-corrected chi connectivity index (χ0v) is 28.4. The topological polar surface area (TPSA) is 110 Å². The maximum atomic E-state index is 13.6. The molecule has 45 heavy (non-hydrogen) atoms. The average Bonchev–Trinajstić information content (AvgIpc) is 3.72. The van der Waals surface area contributed by atoms with Crippen LogP contribution in [0.1, 0.15) is 76.0 Å². The highest BCUT2D eigenvalue weighted by atomic mass is 32.2. The highest BCUT2D eigenvalue weighted by Crippen LogP contribution is 2.40. The van der Waals surface area contributed by atoms with Gasteiger partial charge in [0, 0.05) is 47.3 Å². The van der Waals surface area contributed by atoms with Crippen LogP contribution in [0.25, 0.3) is 5.00 Å². The lowest BCUT2D eigenvalue weighted by Crippen LogP contribution is -2.36. The number of aryl methyl sites for hydroxylation is 2. The third kappa shape index (κ3) is 6.46. The maximum Gasteiger partial charge on any atom is 0.341 e. The number of ether oxygens (including phenoxy) is 1. The summed E-state index contributed by atoms with van der Waals surface area (Å²) in [6.07, 6.45) is 8.18. The summed E-state index contributed by atoms with van der Waals surface area (Å²) in [4.78, 5) is 29.0. The van der Waals surface area contributed by atoms with E-state index in [9.17, 15) is 18.0 Å². The number of benzene rings is 1. The molecule has 0 bridgehead atoms. The van der Waals surface area contributed by atoms with Crippen molar-refractivity contribution in [3.8, 4) is 5.00 Å². The van der Waals surface area contributed by atoms with Gasteiger partial charge in [-0.25, -0.2) is 18.0 Å². The Bertz CT molecular complexity index is 1850. The predicted molar refractivity (Wildman–Crippen MR) is 178 cm³/mol. The lowest BCUT2D eigenvalue weighted by Gasteiger charge is -2.27. The van der Waals surface area contributed by atoms with E-state index in [0.29, 0.717) is 28.4 Å². The second-order valence-electron chi connectivity index (χ2n) is 12.5. The van der Waals surface area contributed by atoms with Crippen molar-refractivity contribution in [2.45, 2.75) is 83.4 Å². The Morgan fingerprint density at radius 2 is 1.69 bits per heavy atom. The molecular formula is C33H38N4O5S3. The number of nitrogens with zero attached hydrogens (tertiary/aromatic N) is 2. The van der Waals surface area contributed by atoms with Crippen LogP contribution in [-0.4, -0.2) is 41.4 Å². The number of nitrogens with one attached hydrogen (secondary N) is 2. The monoisotopic (exact) mass is 666 g/mol. The van der Waals surface area contributed by atoms with Crippen molar-refractivity contribution < 1.29 is 22.7 Å². The number of anilines is 1. The summed E-state index contributed by atoms with van der Waals surface area (Å²) in [5.41, 5.74) is 3.56. The molecule has 1 aromatic carbocycles. The van der Waals surface area contributed by atoms with E-state index >= 15 is 0 Å². The smallest absolute Gasteiger partial charge is 0.341 e. The van der Waals surface area contributed by atoms with Crippen LogP contribution in [0.4, 0.5) is 9.80 Å². The zero-order chi connectivity index (χ0) is 31.9. The first kappa shape index (κ1) is 31.5. The Kier molecular flexibility index (Phi) is 8.68. The van der Waals surface area contributed by atoms with Crippen LogP contribution in [0, 0.1) is 6.92 Å². The van der Waals surface area contributed by atoms with Crippen LogP contribution in [-0.2, 0) is 47.1 Å². The molecule has 6 rings (SSSR count). The van der Waals surface area contributed by atoms with Crippen LogP contribution < -0.4 is 10.6 Å². The molecule has 238 valence electrons. The van der Waals surface area contributed by atoms with Crippen molar-refractivity contribution in [1.29, 1.82) is 0 Å². The second-order valence-corrected chi connectivity index (χ2v) is 16.6. The number of rotatable bonds is 7. The Morgan fingerprint density at radius 1 is 0.956 bits per heavy atom. The highest BCUT2D eigenvalue weighted by Gasteiger charge is 2.33. The van der Waals surface area contributed by atoms with E-state index in [2.05, 4.69) is 10.6 Å². The van der Waals surface area contributed by atoms with Crippen LogP contribution in [0.2, 0.25) is 0 Å². The lowest BCUT2D eigenvalue weighted by molar-refractivity contribution is 0.00698. The molecule has 0 fully saturated rings. The first-order chi connectivity index (χ1) is 21.4. The Morgan fingerprint density at radius 3 is 2.42 bits per heavy atom. The van der Waals surface area contributed by atoms with E-state index in [-0.39, 0.29) is 13.1 Å². The first-order valence-corrected chi connectivity index (χ1v) is 18.2. The summed E-state index contributed by atoms with van der Waals surface area (Å²) in [6.45, 7) is 8.21. The molecule has 2 N–H and O–H groups in total. The van der Waals surface area contributed by atoms with E-state index in [4.69, 9.17) is 4.74 Å². The normalized spacial score (nSPS) is 15.3. The molecule has 0 unspecified atom stereocenters. The summed E-state index contributed by atoms with van der Waals surface area (Å²) in [6, 6.07) is 10.5. The number of fused-ring (bicyclic) bond motifs is 2. The van der Waals surface area contributed by atoms with Crippen molar-refractivity contribution >= 4 is 49.7 Å². The Balaban J connectivity index is 1.24. The summed E-state index contributed by atoms with van der Waals surface area (Å²) in [7, 11) is -3.66. The molecule has 0 spiro atoms. The van der Waals surface area contributed by atoms with Gasteiger partial charge in [-0.15, -0.1) is 22.7 Å². The third-order valence-electron chi connectivity index (χ3n) is 8.09. The molecule has 3 aromatic heterocycles. The molecule has 12 heteroatoms. The van der Waals surface area contributed by atoms with Gasteiger partial charge in [-0.1, -0.05) is 18.2 Å². The minimum atomic E-state index is -3.66. The van der Waals surface area contributed by atoms with Crippen LogP contribution >= 0.6 is 22.7 Å². The first-order valence-electron chi connectivity index (χ1n) is 15.2. The molecule has 0 radical (unpaired) electrons. The van der Waals surface area contributed by atoms with E-state index in [1.54, 1.807) is 27.8 Å². The summed E-state index contributed by atoms with van der Waals surface area (Å²) in [5, 5.41) is 7.44. The molecule has 2 aliphatic rings. The van der Waals surface area contributed by atoms with Gasteiger partial charge < -0.3 is 14.6 Å². The van der Waals surface area contributed by atoms with Crippen LogP contribution in [0.3, 0.4) is 0 Å². The molecule has 4 aromatic rings. The van der Waals surface area contributed by atoms with Gasteiger partial charge in [0.1, 0.15) is 15.6 Å². The van der Waals surface area contributed by atoms with Crippen LogP contribution in [0.15, 0.2) is 53.7 Å². The summed E-state index contributed by atoms with van der Waals surface area (Å²) < 4.78 is 36.4. The highest BCUT2D eigenvalue weighted by molar-refractivity contribution is 7.89. The van der Waals surface area contributed by atoms with Gasteiger partial charge in [0.05, 0.1) is 10.5 Å². The standard InChI is InChI=1S/C33H38N4O5S3/c1-21-11-5-8-14-27(21)45(40,41)37-18-15-22-24(30(44-26(22)20-37)36-16-9-10-17-36)19-34-32(39)35-29-28(31(38)42-33(2,3)4)23-12-6-7-13-25(23)43-29/h5,8-11,14,16-17H,6-7,12-13,15,18-20H2,1-4H3,(H2,34,35,39). The number of sulfonamides is 1. The Labute approximate surface area is 272 Å². The number of hydrogen-bond acceptors (Lipinski definition) is 7. The molecule has 4 heterocycles. The fourth-order valence-corrected chi connectivity index (χ4v) is 10.3. The summed E-state index contributed by atoms with van der Waals surface area (Å²) >= 11 is 3.01. The van der Waals surface area contributed by atoms with E-state index < -0.39 is 27.6 Å². The number of amides is 2. The second kappa shape index (κ2) is 12.4. The van der Waals surface area contributed by atoms with Gasteiger partial charge in [-0.2, -0.15) is 4.31 Å². The van der Waals surface area contributed by atoms with Gasteiger partial charge in [0.2, 0.25) is 10.0 Å². The van der Waals surface area contributed by atoms with E-state index in [0.717, 1.165) is 62.7 Å². The molecule has 2 amide bonds. The predicted octanol–water partition coefficient (Wildman–Crippen LogP) is 6.81. The van der Waals surface area contributed by atoms with Crippen molar-refractivity contribution in [2.24, 2.45) is 0 Å². The van der Waals surface area contributed by atoms with Gasteiger partial charge in [-0.3, -0.25) is 5.32 Å². The average molecular weight is 667 g/mol. The molecule has 0 saturated heterocycles. The van der Waals surface area contributed by atoms with Crippen LogP contribution in [0.5, 0.6) is 0 Å². The largest absolute Gasteiger partial charge is 0.456 e. The summed E-state index contributed by atoms with van der Waals surface area (Å²) in [5.74, 6) is -0.413. The van der Waals surface area contributed by atoms with E-state index in [1.807, 2.05) is 68.9 Å². The number of carbonyl (C=O) groups is 2. The number of thiophene rings is 2. The SMILES string of the molecule is Cc1ccccc1S(=O)(=O)N1CCc2c(sc(-n3cccc3)c2CNC(=O)Nc2sc3c(c2C(=O)OC(C)(C)C)CCCC3)C1. The van der Waals surface area contributed by atoms with Crippen molar-refractivity contribution in [3.05, 3.63) is 86.4 Å². The number of carbonyl (C=O) groups excluding carboxylic acids is 2. The molecule has 0 atom stereocenters. The maximum absolute atomic E-state index is 13.6. The molecule has 0 saturated carbocycles. The fraction of sp³-hybridized carbons (Fsp3) is 0.394. The molecule has 1 aliphatic heterocycles. The van der Waals surface area contributed by atoms with Gasteiger partial charge in [0.15, 0.2) is 0 Å². The van der Waals surface area contributed by atoms with Gasteiger partial charge >= 0.3 is 12.0 Å². The van der Waals surface area contributed by atoms with Gasteiger partial charge in [-0.05, 0) is 94.7 Å². The number of esters is 1. The lowest BCUT2D eigenvalue weighted by atomic mass is 9.95. The van der Waals surface area contributed by atoms with Crippen molar-refractivity contribution in [1.82, 2.24) is 14.2 Å². The minimum Gasteiger partial charge on any atom is -0.456 e. The third-order valence-corrected chi connectivity index (χ3v) is 12.6. The molecular weight excluding hydrogens is 629 g/mol. The number of urea groups is 1. The Hall–Kier alpha value is -3.45. The fourth-order valence-electron chi connectivity index (χ4n) is 6.00. The van der Waals surface area contributed by atoms with E-state index in [1.165, 1.54) is 11.3 Å². The number of aromatic nitrogens is 1.